The van der Waals surface area contributed by atoms with Crippen LogP contribution in [0.15, 0.2) is 46.0 Å². The zero-order chi connectivity index (χ0) is 19.3. The van der Waals surface area contributed by atoms with Crippen LogP contribution in [-0.2, 0) is 6.54 Å². The summed E-state index contributed by atoms with van der Waals surface area (Å²) in [7, 11) is 1.79. The highest BCUT2D eigenvalue weighted by Gasteiger charge is 2.07. The van der Waals surface area contributed by atoms with Crippen LogP contribution in [0.25, 0.3) is 11.5 Å². The Morgan fingerprint density at radius 3 is 2.48 bits per heavy atom. The maximum atomic E-state index is 5.57. The largest absolute Gasteiger partial charge is 0.444 e. The van der Waals surface area contributed by atoms with Crippen molar-refractivity contribution < 1.29 is 4.42 Å². The van der Waals surface area contributed by atoms with Gasteiger partial charge in [-0.1, -0.05) is 32.0 Å². The van der Waals surface area contributed by atoms with Gasteiger partial charge in [0.05, 0.1) is 12.2 Å². The van der Waals surface area contributed by atoms with Gasteiger partial charge in [0.25, 0.3) is 0 Å². The fourth-order valence-electron chi connectivity index (χ4n) is 2.97. The summed E-state index contributed by atoms with van der Waals surface area (Å²) in [5, 5.41) is 6.66. The lowest BCUT2D eigenvalue weighted by Gasteiger charge is -2.21. The topological polar surface area (TPSA) is 65.7 Å². The summed E-state index contributed by atoms with van der Waals surface area (Å²) in [4.78, 5) is 11.3. The van der Waals surface area contributed by atoms with Crippen molar-refractivity contribution in [3.63, 3.8) is 0 Å². The van der Waals surface area contributed by atoms with E-state index in [-0.39, 0.29) is 0 Å². The molecule has 148 valence electrons. The number of guanidine groups is 1. The molecule has 2 N–H and O–H groups in total. The summed E-state index contributed by atoms with van der Waals surface area (Å²) in [6, 6.07) is 9.92. The van der Waals surface area contributed by atoms with Crippen molar-refractivity contribution in [1.82, 2.24) is 20.5 Å². The van der Waals surface area contributed by atoms with E-state index in [9.17, 15) is 0 Å². The van der Waals surface area contributed by atoms with Gasteiger partial charge in [-0.25, -0.2) is 4.98 Å². The zero-order valence-electron chi connectivity index (χ0n) is 16.9. The smallest absolute Gasteiger partial charge is 0.226 e. The van der Waals surface area contributed by atoms with Gasteiger partial charge in [0.2, 0.25) is 5.89 Å². The van der Waals surface area contributed by atoms with E-state index in [0.29, 0.717) is 12.4 Å². The minimum atomic E-state index is 0.577. The lowest BCUT2D eigenvalue weighted by molar-refractivity contribution is 0.271. The van der Waals surface area contributed by atoms with Crippen LogP contribution in [-0.4, -0.2) is 49.1 Å². The van der Waals surface area contributed by atoms with Crippen LogP contribution < -0.4 is 10.6 Å². The van der Waals surface area contributed by atoms with Crippen LogP contribution in [0.5, 0.6) is 0 Å². The number of hydrogen-bond donors (Lipinski definition) is 2. The van der Waals surface area contributed by atoms with Gasteiger partial charge < -0.3 is 20.0 Å². The first-order chi connectivity index (χ1) is 13.3. The molecule has 0 radical (unpaired) electrons. The van der Waals surface area contributed by atoms with Crippen LogP contribution in [0.2, 0.25) is 0 Å². The molecule has 0 aliphatic rings. The van der Waals surface area contributed by atoms with Crippen LogP contribution in [0.1, 0.15) is 38.8 Å². The van der Waals surface area contributed by atoms with Crippen molar-refractivity contribution in [1.29, 1.82) is 0 Å². The Hall–Kier alpha value is -2.34. The maximum Gasteiger partial charge on any atom is 0.226 e. The van der Waals surface area contributed by atoms with Crippen molar-refractivity contribution in [2.24, 2.45) is 4.99 Å². The number of hydrogen-bond acceptors (Lipinski definition) is 4. The highest BCUT2D eigenvalue weighted by Crippen LogP contribution is 2.17. The van der Waals surface area contributed by atoms with Crippen molar-refractivity contribution >= 4 is 5.96 Å². The molecule has 2 aromatic rings. The van der Waals surface area contributed by atoms with E-state index in [1.54, 1.807) is 13.3 Å². The summed E-state index contributed by atoms with van der Waals surface area (Å²) in [5.41, 5.74) is 1.84. The number of oxazole rings is 1. The number of aromatic nitrogens is 1. The predicted molar refractivity (Wildman–Crippen MR) is 112 cm³/mol. The lowest BCUT2D eigenvalue weighted by Crippen LogP contribution is -2.38. The standard InChI is InChI=1S/C21H33N5O/c1-4-13-26(14-5-2)15-9-12-23-21(22-3)24-16-19-17-27-20(25-19)18-10-7-6-8-11-18/h6-8,10-11,17H,4-5,9,12-16H2,1-3H3,(H2,22,23,24). The molecule has 27 heavy (non-hydrogen) atoms. The second-order valence-electron chi connectivity index (χ2n) is 6.56. The minimum absolute atomic E-state index is 0.577. The normalized spacial score (nSPS) is 11.8. The number of aliphatic imine (C=N–C) groups is 1. The highest BCUT2D eigenvalue weighted by molar-refractivity contribution is 5.79. The summed E-state index contributed by atoms with van der Waals surface area (Å²) in [6.07, 6.45) is 5.21. The van der Waals surface area contributed by atoms with Gasteiger partial charge in [0, 0.05) is 19.2 Å². The number of rotatable bonds is 11. The van der Waals surface area contributed by atoms with Gasteiger partial charge in [0.15, 0.2) is 5.96 Å². The first-order valence-corrected chi connectivity index (χ1v) is 9.93. The van der Waals surface area contributed by atoms with Crippen LogP contribution >= 0.6 is 0 Å². The molecule has 6 nitrogen and oxygen atoms in total. The average Bonchev–Trinajstić information content (AvgIpc) is 3.17. The highest BCUT2D eigenvalue weighted by atomic mass is 16.3. The first kappa shape index (κ1) is 21.0. The molecular weight excluding hydrogens is 338 g/mol. The van der Waals surface area contributed by atoms with Gasteiger partial charge in [0.1, 0.15) is 6.26 Å². The molecule has 0 aliphatic heterocycles. The molecule has 0 saturated carbocycles. The van der Waals surface area contributed by atoms with Crippen LogP contribution in [0.3, 0.4) is 0 Å². The molecule has 0 unspecified atom stereocenters. The van der Waals surface area contributed by atoms with E-state index >= 15 is 0 Å². The van der Waals surface area contributed by atoms with E-state index in [2.05, 4.69) is 39.4 Å². The molecule has 0 aliphatic carbocycles. The molecule has 0 bridgehead atoms. The van der Waals surface area contributed by atoms with Crippen LogP contribution in [0, 0.1) is 0 Å². The Labute approximate surface area is 163 Å². The molecule has 2 rings (SSSR count). The van der Waals surface area contributed by atoms with Gasteiger partial charge in [-0.05, 0) is 51.0 Å². The summed E-state index contributed by atoms with van der Waals surface area (Å²) in [6.45, 7) is 9.42. The number of nitrogens with one attached hydrogen (secondary N) is 2. The Morgan fingerprint density at radius 2 is 1.81 bits per heavy atom. The van der Waals surface area contributed by atoms with E-state index in [4.69, 9.17) is 4.42 Å². The first-order valence-electron chi connectivity index (χ1n) is 9.93. The van der Waals surface area contributed by atoms with Gasteiger partial charge in [-0.15, -0.1) is 0 Å². The Bertz CT molecular complexity index is 662. The molecule has 0 fully saturated rings. The number of benzene rings is 1. The zero-order valence-corrected chi connectivity index (χ0v) is 16.9. The SMILES string of the molecule is CCCN(CCC)CCCNC(=NC)NCc1coc(-c2ccccc2)n1. The summed E-state index contributed by atoms with van der Waals surface area (Å²) < 4.78 is 5.57. The van der Waals surface area contributed by atoms with E-state index < -0.39 is 0 Å². The Balaban J connectivity index is 1.72. The van der Waals surface area contributed by atoms with Crippen LogP contribution in [0.4, 0.5) is 0 Å². The monoisotopic (exact) mass is 371 g/mol. The van der Waals surface area contributed by atoms with Crippen molar-refractivity contribution in [2.75, 3.05) is 33.2 Å². The molecule has 0 spiro atoms. The fourth-order valence-corrected chi connectivity index (χ4v) is 2.97. The quantitative estimate of drug-likeness (QED) is 0.359. The fraction of sp³-hybridized carbons (Fsp3) is 0.524. The second kappa shape index (κ2) is 12.1. The molecule has 0 saturated heterocycles. The van der Waals surface area contributed by atoms with Gasteiger partial charge >= 0.3 is 0 Å². The van der Waals surface area contributed by atoms with Gasteiger partial charge in [-0.3, -0.25) is 4.99 Å². The third-order valence-electron chi connectivity index (χ3n) is 4.26. The molecule has 0 atom stereocenters. The minimum Gasteiger partial charge on any atom is -0.444 e. The van der Waals surface area contributed by atoms with Gasteiger partial charge in [-0.2, -0.15) is 0 Å². The van der Waals surface area contributed by atoms with Crippen molar-refractivity contribution in [2.45, 2.75) is 39.7 Å². The van der Waals surface area contributed by atoms with Crippen molar-refractivity contribution in [3.8, 4) is 11.5 Å². The lowest BCUT2D eigenvalue weighted by atomic mass is 10.2. The Morgan fingerprint density at radius 1 is 1.07 bits per heavy atom. The predicted octanol–water partition coefficient (Wildman–Crippen LogP) is 3.52. The maximum absolute atomic E-state index is 5.57. The molecule has 1 heterocycles. The number of nitrogens with zero attached hydrogens (tertiary/aromatic N) is 3. The van der Waals surface area contributed by atoms with E-state index in [1.165, 1.54) is 25.9 Å². The second-order valence-corrected chi connectivity index (χ2v) is 6.56. The van der Waals surface area contributed by atoms with E-state index in [1.807, 2.05) is 30.3 Å². The third kappa shape index (κ3) is 7.43. The summed E-state index contributed by atoms with van der Waals surface area (Å²) >= 11 is 0. The van der Waals surface area contributed by atoms with E-state index in [0.717, 1.165) is 36.7 Å². The summed E-state index contributed by atoms with van der Waals surface area (Å²) in [5.74, 6) is 1.43. The third-order valence-corrected chi connectivity index (χ3v) is 4.26. The molecule has 1 aromatic carbocycles. The molecule has 0 amide bonds. The average molecular weight is 372 g/mol. The molecule has 1 aromatic heterocycles. The van der Waals surface area contributed by atoms with Crippen molar-refractivity contribution in [3.05, 3.63) is 42.3 Å². The molecule has 6 heteroatoms. The molecular formula is C21H33N5O. The Kier molecular flexibility index (Phi) is 9.41.